The van der Waals surface area contributed by atoms with E-state index < -0.39 is 45.6 Å². The van der Waals surface area contributed by atoms with E-state index in [1.54, 1.807) is 22.4 Å². The van der Waals surface area contributed by atoms with Gasteiger partial charge in [0.15, 0.2) is 17.4 Å². The van der Waals surface area contributed by atoms with Crippen molar-refractivity contribution in [3.8, 4) is 17.6 Å². The summed E-state index contributed by atoms with van der Waals surface area (Å²) in [5.41, 5.74) is 0.992. The average Bonchev–Trinajstić information content (AvgIpc) is 4.03. The van der Waals surface area contributed by atoms with Crippen LogP contribution in [0.5, 0.6) is 11.5 Å². The lowest BCUT2D eigenvalue weighted by molar-refractivity contribution is -0.120. The molecule has 5 fully saturated rings. The number of aromatic nitrogens is 4. The Hall–Kier alpha value is -5.89. The summed E-state index contributed by atoms with van der Waals surface area (Å²) in [5.74, 6) is -1.51. The number of hydrogen-bond acceptors (Lipinski definition) is 12. The van der Waals surface area contributed by atoms with Gasteiger partial charge in [-0.05, 0) is 105 Å². The molecular formula is C46H50F2N10O8S. The van der Waals surface area contributed by atoms with Gasteiger partial charge in [-0.1, -0.05) is 6.07 Å². The molecule has 1 aliphatic carbocycles. The van der Waals surface area contributed by atoms with Gasteiger partial charge in [-0.3, -0.25) is 29.1 Å². The normalized spacial score (nSPS) is 25.0. The molecule has 1 saturated carbocycles. The fourth-order valence-electron chi connectivity index (χ4n) is 11.2. The maximum atomic E-state index is 15.8. The molecule has 0 bridgehead atoms. The number of urea groups is 1. The number of nitrogens with zero attached hydrogens (tertiary/aromatic N) is 8. The number of nitrogens with one attached hydrogen (secondary N) is 1. The highest BCUT2D eigenvalue weighted by atomic mass is 32.2. The molecule has 4 aliphatic heterocycles. The lowest BCUT2D eigenvalue weighted by atomic mass is 9.79. The number of halogens is 2. The number of anilines is 1. The highest BCUT2D eigenvalue weighted by molar-refractivity contribution is 7.86. The van der Waals surface area contributed by atoms with Gasteiger partial charge in [0.25, 0.3) is 15.8 Å². The Bertz CT molecular complexity index is 3030. The van der Waals surface area contributed by atoms with Gasteiger partial charge < -0.3 is 19.1 Å². The Labute approximate surface area is 384 Å². The van der Waals surface area contributed by atoms with E-state index in [-0.39, 0.29) is 71.0 Å². The number of nitrogens with two attached hydrogens (primary N) is 1. The first-order valence-corrected chi connectivity index (χ1v) is 24.0. The van der Waals surface area contributed by atoms with Gasteiger partial charge in [0.1, 0.15) is 23.2 Å². The Morgan fingerprint density at radius 2 is 1.72 bits per heavy atom. The minimum Gasteiger partial charge on any atom is -0.453 e. The number of rotatable bonds is 9. The average molecular weight is 941 g/mol. The molecule has 2 unspecified atom stereocenters. The van der Waals surface area contributed by atoms with Crippen LogP contribution < -0.4 is 25.7 Å². The molecule has 2 aromatic heterocycles. The van der Waals surface area contributed by atoms with Crippen molar-refractivity contribution in [1.29, 1.82) is 5.26 Å². The smallest absolute Gasteiger partial charge is 0.329 e. The van der Waals surface area contributed by atoms with Crippen LogP contribution in [0.25, 0.3) is 21.8 Å². The van der Waals surface area contributed by atoms with Gasteiger partial charge in [0, 0.05) is 58.2 Å². The number of imide groups is 1. The number of ether oxygens (including phenoxy) is 3. The molecule has 352 valence electrons. The third-order valence-corrected chi connectivity index (χ3v) is 15.7. The molecule has 3 aromatic carbocycles. The minimum atomic E-state index is -4.20. The molecule has 18 nitrogen and oxygen atoms in total. The molecule has 1 spiro atoms. The van der Waals surface area contributed by atoms with E-state index in [1.165, 1.54) is 42.6 Å². The Morgan fingerprint density at radius 1 is 0.940 bits per heavy atom. The summed E-state index contributed by atoms with van der Waals surface area (Å²) in [7, 11) is -1.01. The summed E-state index contributed by atoms with van der Waals surface area (Å²) in [6.07, 6.45) is 7.04. The second-order valence-corrected chi connectivity index (χ2v) is 19.8. The maximum absolute atomic E-state index is 15.8. The summed E-state index contributed by atoms with van der Waals surface area (Å²) in [4.78, 5) is 46.8. The topological polar surface area (TPSA) is 220 Å². The highest BCUT2D eigenvalue weighted by Crippen LogP contribution is 2.45. The largest absolute Gasteiger partial charge is 0.453 e. The Kier molecular flexibility index (Phi) is 11.6. The van der Waals surface area contributed by atoms with Crippen molar-refractivity contribution < 1.29 is 41.0 Å². The molecular weight excluding hydrogens is 891 g/mol. The lowest BCUT2D eigenvalue weighted by Crippen LogP contribution is -2.49. The van der Waals surface area contributed by atoms with Crippen molar-refractivity contribution in [2.45, 2.75) is 93.5 Å². The quantitative estimate of drug-likeness (QED) is 0.196. The molecule has 21 heteroatoms. The van der Waals surface area contributed by atoms with Gasteiger partial charge in [-0.25, -0.2) is 23.7 Å². The molecule has 67 heavy (non-hydrogen) atoms. The first-order valence-electron chi connectivity index (χ1n) is 22.5. The monoisotopic (exact) mass is 940 g/mol. The predicted octanol–water partition coefficient (Wildman–Crippen LogP) is 5.16. The highest BCUT2D eigenvalue weighted by Gasteiger charge is 2.46. The SMILES string of the molecule is COC1CCN(S(N)(=O)=O)C1c1ccc(F)c(Oc2ccc3ncn([C@H]4COC5(CCN(C6CCC(c7cc8c(cc7F)c(N7CCC(=O)NC7=O)nn8C)CC6)CC5)C4)c(=O)c3c2)c1C#N. The molecule has 10 rings (SSSR count). The molecule has 4 saturated heterocycles. The molecule has 5 aliphatic rings. The Balaban J connectivity index is 0.790. The number of likely N-dealkylation sites (tertiary alicyclic amines) is 1. The Morgan fingerprint density at radius 3 is 2.43 bits per heavy atom. The third kappa shape index (κ3) is 8.12. The van der Waals surface area contributed by atoms with E-state index in [0.29, 0.717) is 47.8 Å². The summed E-state index contributed by atoms with van der Waals surface area (Å²) in [5, 5.41) is 23.4. The molecule has 3 atom stereocenters. The van der Waals surface area contributed by atoms with Crippen molar-refractivity contribution in [3.05, 3.63) is 87.5 Å². The number of fused-ring (bicyclic) bond motifs is 2. The van der Waals surface area contributed by atoms with E-state index in [2.05, 4.69) is 20.3 Å². The summed E-state index contributed by atoms with van der Waals surface area (Å²) in [6.45, 7) is 2.22. The zero-order chi connectivity index (χ0) is 46.9. The van der Waals surface area contributed by atoms with Crippen LogP contribution in [0.15, 0.2) is 53.6 Å². The van der Waals surface area contributed by atoms with Gasteiger partial charge in [-0.15, -0.1) is 0 Å². The van der Waals surface area contributed by atoms with Crippen LogP contribution in [-0.2, 0) is 31.5 Å². The zero-order valence-corrected chi connectivity index (χ0v) is 37.8. The van der Waals surface area contributed by atoms with E-state index in [9.17, 15) is 28.1 Å². The van der Waals surface area contributed by atoms with Crippen molar-refractivity contribution in [2.24, 2.45) is 12.2 Å². The van der Waals surface area contributed by atoms with E-state index in [4.69, 9.17) is 19.3 Å². The van der Waals surface area contributed by atoms with Crippen LogP contribution in [0, 0.1) is 23.0 Å². The fraction of sp³-hybridized carbons (Fsp3) is 0.478. The van der Waals surface area contributed by atoms with Crippen molar-refractivity contribution >= 4 is 49.8 Å². The molecule has 5 aromatic rings. The zero-order valence-electron chi connectivity index (χ0n) is 37.0. The molecule has 3 N–H and O–H groups in total. The standard InChI is InChI=1S/C46H50F2N10O8S/c1-54-38-21-31(36(48)20-33(38)43(53-54)56-15-12-40(59)52-45(56)61)26-3-5-27(6-4-26)55-17-13-46(14-18-55)22-28(24-65-46)57-25-51-37-10-7-29(19-32(37)44(57)60)66-42-34(23-49)30(8-9-35(42)47)41-39(64-2)11-16-58(41)67(50,62)63/h7-10,19-21,25-28,39,41H,3-6,11-18,22,24H2,1-2H3,(H2,50,62,63)(H,52,59,61)/t26?,27?,28-,39?,41?/m1/s1. The summed E-state index contributed by atoms with van der Waals surface area (Å²) >= 11 is 0. The fourth-order valence-corrected chi connectivity index (χ4v) is 12.1. The van der Waals surface area contributed by atoms with Gasteiger partial charge in [0.05, 0.1) is 53.1 Å². The van der Waals surface area contributed by atoms with Gasteiger partial charge >= 0.3 is 6.03 Å². The third-order valence-electron chi connectivity index (χ3n) is 14.7. The maximum Gasteiger partial charge on any atom is 0.329 e. The number of amides is 3. The minimum absolute atomic E-state index is 0.0424. The van der Waals surface area contributed by atoms with E-state index in [0.717, 1.165) is 67.5 Å². The van der Waals surface area contributed by atoms with Crippen LogP contribution >= 0.6 is 0 Å². The van der Waals surface area contributed by atoms with Crippen LogP contribution in [0.4, 0.5) is 19.4 Å². The number of benzene rings is 3. The van der Waals surface area contributed by atoms with Crippen molar-refractivity contribution in [2.75, 3.05) is 44.8 Å². The number of nitriles is 1. The second kappa shape index (κ2) is 17.3. The number of piperidine rings is 1. The van der Waals surface area contributed by atoms with Gasteiger partial charge in [0.2, 0.25) is 5.91 Å². The molecule has 3 amide bonds. The van der Waals surface area contributed by atoms with Crippen LogP contribution in [0.2, 0.25) is 0 Å². The second-order valence-electron chi connectivity index (χ2n) is 18.3. The summed E-state index contributed by atoms with van der Waals surface area (Å²) < 4.78 is 78.6. The first kappa shape index (κ1) is 44.9. The lowest BCUT2D eigenvalue weighted by Gasteiger charge is -2.44. The van der Waals surface area contributed by atoms with Crippen molar-refractivity contribution in [1.82, 2.24) is 33.9 Å². The summed E-state index contributed by atoms with van der Waals surface area (Å²) in [6, 6.07) is 10.8. The molecule has 6 heterocycles. The van der Waals surface area contributed by atoms with Crippen molar-refractivity contribution in [3.63, 3.8) is 0 Å². The van der Waals surface area contributed by atoms with E-state index >= 15 is 8.78 Å². The first-order chi connectivity index (χ1) is 32.1. The number of carbonyl (C=O) groups excluding carboxylic acids is 2. The van der Waals surface area contributed by atoms with Crippen LogP contribution in [-0.4, -0.2) is 107 Å². The number of hydrogen-bond donors (Lipinski definition) is 2. The number of aryl methyl sites for hydroxylation is 1. The number of methoxy groups -OCH3 is 1. The molecule has 0 radical (unpaired) electrons. The van der Waals surface area contributed by atoms with Crippen LogP contribution in [0.3, 0.4) is 0 Å². The van der Waals surface area contributed by atoms with Crippen LogP contribution in [0.1, 0.15) is 92.5 Å². The van der Waals surface area contributed by atoms with E-state index in [1.807, 2.05) is 12.1 Å². The predicted molar refractivity (Wildman–Crippen MR) is 239 cm³/mol. The number of carbonyl (C=O) groups is 2. The van der Waals surface area contributed by atoms with Gasteiger partial charge in [-0.2, -0.15) is 23.1 Å².